The van der Waals surface area contributed by atoms with E-state index in [2.05, 4.69) is 104 Å². The van der Waals surface area contributed by atoms with Crippen molar-refractivity contribution in [2.24, 2.45) is 5.92 Å². The number of fused-ring (bicyclic) bond motifs is 2. The average Bonchev–Trinajstić information content (AvgIpc) is 3.23. The lowest BCUT2D eigenvalue weighted by Crippen LogP contribution is -2.40. The van der Waals surface area contributed by atoms with Gasteiger partial charge in [0, 0.05) is 28.9 Å². The summed E-state index contributed by atoms with van der Waals surface area (Å²) in [5, 5.41) is 1.10. The minimum Gasteiger partial charge on any atom is -0.337 e. The van der Waals surface area contributed by atoms with Crippen LogP contribution in [0, 0.1) is 5.92 Å². The van der Waals surface area contributed by atoms with E-state index in [1.807, 2.05) is 0 Å². The van der Waals surface area contributed by atoms with Crippen LogP contribution in [0.4, 0.5) is 11.4 Å². The summed E-state index contributed by atoms with van der Waals surface area (Å²) in [5.41, 5.74) is 6.40. The number of anilines is 2. The third-order valence-electron chi connectivity index (χ3n) is 6.35. The van der Waals surface area contributed by atoms with E-state index >= 15 is 0 Å². The number of halogens is 1. The van der Waals surface area contributed by atoms with Gasteiger partial charge in [0.2, 0.25) is 0 Å². The largest absolute Gasteiger partial charge is 0.337 e. The average molecular weight is 553 g/mol. The Labute approximate surface area is 212 Å². The minimum atomic E-state index is 0. The SMILES string of the molecule is CCCCC1C(C)C(=Cc2nc3ccccc3s2)c2ccccc2N1c1ccccc1.I. The highest BCUT2D eigenvalue weighted by atomic mass is 127. The Balaban J connectivity index is 0.00000245. The molecule has 2 unspecified atom stereocenters. The maximum Gasteiger partial charge on any atom is 0.117 e. The van der Waals surface area contributed by atoms with E-state index in [1.54, 1.807) is 11.3 Å². The minimum absolute atomic E-state index is 0. The fraction of sp³-hybridized carbons (Fsp3) is 0.250. The van der Waals surface area contributed by atoms with Crippen LogP contribution in [-0.4, -0.2) is 11.0 Å². The van der Waals surface area contributed by atoms with Crippen LogP contribution in [0.2, 0.25) is 0 Å². The van der Waals surface area contributed by atoms with Gasteiger partial charge in [0.1, 0.15) is 5.01 Å². The van der Waals surface area contributed by atoms with Crippen LogP contribution in [0.15, 0.2) is 78.9 Å². The maximum absolute atomic E-state index is 4.91. The smallest absolute Gasteiger partial charge is 0.117 e. The normalized spacial score (nSPS) is 19.1. The molecule has 0 aliphatic carbocycles. The van der Waals surface area contributed by atoms with E-state index in [0.717, 1.165) is 10.5 Å². The van der Waals surface area contributed by atoms with Crippen LogP contribution >= 0.6 is 35.3 Å². The van der Waals surface area contributed by atoms with Crippen molar-refractivity contribution in [2.75, 3.05) is 4.90 Å². The predicted octanol–water partition coefficient (Wildman–Crippen LogP) is 8.80. The lowest BCUT2D eigenvalue weighted by atomic mass is 9.79. The summed E-state index contributed by atoms with van der Waals surface area (Å²) < 4.78 is 1.25. The van der Waals surface area contributed by atoms with Gasteiger partial charge in [0.05, 0.1) is 10.2 Å². The van der Waals surface area contributed by atoms with Gasteiger partial charge in [0.15, 0.2) is 0 Å². The van der Waals surface area contributed by atoms with E-state index in [9.17, 15) is 0 Å². The topological polar surface area (TPSA) is 16.1 Å². The highest BCUT2D eigenvalue weighted by Gasteiger charge is 2.35. The monoisotopic (exact) mass is 552 g/mol. The molecule has 4 aromatic rings. The lowest BCUT2D eigenvalue weighted by Gasteiger charge is -2.44. The van der Waals surface area contributed by atoms with Gasteiger partial charge >= 0.3 is 0 Å². The summed E-state index contributed by atoms with van der Waals surface area (Å²) in [4.78, 5) is 7.48. The molecule has 0 amide bonds. The first-order valence-corrected chi connectivity index (χ1v) is 12.1. The standard InChI is InChI=1S/C28H28N2S.HI/c1-3-4-16-25-20(2)23(19-28-29-24-15-9-11-18-27(24)31-28)22-14-8-10-17-26(22)30(25)21-12-6-5-7-13-21;/h5-15,17-20,25H,3-4,16H2,1-2H3;1H. The van der Waals surface area contributed by atoms with Gasteiger partial charge in [-0.25, -0.2) is 4.98 Å². The predicted molar refractivity (Wildman–Crippen MR) is 150 cm³/mol. The summed E-state index contributed by atoms with van der Waals surface area (Å²) in [6.45, 7) is 4.68. The van der Waals surface area contributed by atoms with E-state index in [1.165, 1.54) is 46.5 Å². The van der Waals surface area contributed by atoms with Crippen molar-refractivity contribution in [1.82, 2.24) is 4.98 Å². The van der Waals surface area contributed by atoms with Gasteiger partial charge in [-0.1, -0.05) is 75.2 Å². The van der Waals surface area contributed by atoms with Crippen LogP contribution < -0.4 is 4.90 Å². The molecule has 1 aromatic heterocycles. The Hall–Kier alpha value is -2.18. The Bertz CT molecular complexity index is 1180. The number of aromatic nitrogens is 1. The first kappa shape index (κ1) is 23.0. The zero-order valence-electron chi connectivity index (χ0n) is 18.6. The number of hydrogen-bond donors (Lipinski definition) is 0. The number of nitrogens with zero attached hydrogens (tertiary/aromatic N) is 2. The molecule has 3 aromatic carbocycles. The molecule has 0 N–H and O–H groups in total. The molecule has 0 bridgehead atoms. The molecule has 0 saturated heterocycles. The molecule has 0 spiro atoms. The molecule has 1 aliphatic heterocycles. The molecule has 32 heavy (non-hydrogen) atoms. The molecule has 2 nitrogen and oxygen atoms in total. The number of thiazole rings is 1. The fourth-order valence-electron chi connectivity index (χ4n) is 4.79. The van der Waals surface area contributed by atoms with Gasteiger partial charge in [0.25, 0.3) is 0 Å². The van der Waals surface area contributed by atoms with E-state index in [0.29, 0.717) is 12.0 Å². The van der Waals surface area contributed by atoms with Gasteiger partial charge in [-0.15, -0.1) is 35.3 Å². The van der Waals surface area contributed by atoms with Crippen molar-refractivity contribution in [3.05, 3.63) is 89.4 Å². The molecule has 0 fully saturated rings. The maximum atomic E-state index is 4.91. The summed E-state index contributed by atoms with van der Waals surface area (Å²) >= 11 is 1.78. The Morgan fingerprint density at radius 1 is 0.938 bits per heavy atom. The van der Waals surface area contributed by atoms with Crippen LogP contribution in [0.25, 0.3) is 21.9 Å². The number of rotatable bonds is 5. The van der Waals surface area contributed by atoms with E-state index < -0.39 is 0 Å². The van der Waals surface area contributed by atoms with Crippen LogP contribution in [-0.2, 0) is 0 Å². The third kappa shape index (κ3) is 4.35. The van der Waals surface area contributed by atoms with E-state index in [4.69, 9.17) is 4.98 Å². The van der Waals surface area contributed by atoms with Gasteiger partial charge in [-0.2, -0.15) is 0 Å². The Kier molecular flexibility index (Phi) is 7.31. The first-order valence-electron chi connectivity index (χ1n) is 11.3. The second kappa shape index (κ2) is 10.2. The van der Waals surface area contributed by atoms with Crippen LogP contribution in [0.5, 0.6) is 0 Å². The van der Waals surface area contributed by atoms with Crippen molar-refractivity contribution in [1.29, 1.82) is 0 Å². The molecule has 4 heteroatoms. The van der Waals surface area contributed by atoms with E-state index in [-0.39, 0.29) is 24.0 Å². The van der Waals surface area contributed by atoms with Gasteiger partial charge < -0.3 is 4.90 Å². The summed E-state index contributed by atoms with van der Waals surface area (Å²) in [7, 11) is 0. The summed E-state index contributed by atoms with van der Waals surface area (Å²) in [6, 6.07) is 28.6. The van der Waals surface area contributed by atoms with Gasteiger partial charge in [-0.05, 0) is 48.4 Å². The summed E-state index contributed by atoms with van der Waals surface area (Å²) in [5.74, 6) is 0.411. The highest BCUT2D eigenvalue weighted by Crippen LogP contribution is 2.47. The first-order chi connectivity index (χ1) is 15.3. The molecule has 0 radical (unpaired) electrons. The Morgan fingerprint density at radius 2 is 1.66 bits per heavy atom. The lowest BCUT2D eigenvalue weighted by molar-refractivity contribution is 0.478. The zero-order chi connectivity index (χ0) is 21.2. The number of hydrogen-bond acceptors (Lipinski definition) is 3. The fourth-order valence-corrected chi connectivity index (χ4v) is 5.71. The Morgan fingerprint density at radius 3 is 2.44 bits per heavy atom. The third-order valence-corrected chi connectivity index (χ3v) is 7.33. The molecular formula is C28H29IN2S. The molecule has 2 atom stereocenters. The molecule has 0 saturated carbocycles. The molecule has 5 rings (SSSR count). The van der Waals surface area contributed by atoms with Crippen molar-refractivity contribution in [3.8, 4) is 0 Å². The van der Waals surface area contributed by atoms with Crippen molar-refractivity contribution in [3.63, 3.8) is 0 Å². The number of para-hydroxylation sites is 3. The van der Waals surface area contributed by atoms with Crippen LogP contribution in [0.3, 0.4) is 0 Å². The quantitative estimate of drug-likeness (QED) is 0.230. The number of unbranched alkanes of at least 4 members (excludes halogenated alkanes) is 1. The highest BCUT2D eigenvalue weighted by molar-refractivity contribution is 14.0. The van der Waals surface area contributed by atoms with Crippen LogP contribution in [0.1, 0.15) is 43.7 Å². The molecule has 1 aliphatic rings. The molecule has 164 valence electrons. The van der Waals surface area contributed by atoms with Crippen molar-refractivity contribution in [2.45, 2.75) is 39.2 Å². The molecular weight excluding hydrogens is 523 g/mol. The second-order valence-corrected chi connectivity index (χ2v) is 9.40. The molecule has 2 heterocycles. The second-order valence-electron chi connectivity index (χ2n) is 8.34. The van der Waals surface area contributed by atoms with Crippen molar-refractivity contribution >= 4 is 68.6 Å². The zero-order valence-corrected chi connectivity index (χ0v) is 21.7. The van der Waals surface area contributed by atoms with Crippen molar-refractivity contribution < 1.29 is 0 Å². The number of benzene rings is 3. The summed E-state index contributed by atoms with van der Waals surface area (Å²) in [6.07, 6.45) is 5.97. The van der Waals surface area contributed by atoms with Gasteiger partial charge in [-0.3, -0.25) is 0 Å².